The van der Waals surface area contributed by atoms with Crippen molar-refractivity contribution in [3.05, 3.63) is 72.3 Å². The van der Waals surface area contributed by atoms with Gasteiger partial charge in [-0.3, -0.25) is 13.9 Å². The maximum Gasteiger partial charge on any atom is 0.255 e. The number of rotatable bonds is 6. The van der Waals surface area contributed by atoms with Gasteiger partial charge in [0.25, 0.3) is 11.8 Å². The Bertz CT molecular complexity index is 1020. The van der Waals surface area contributed by atoms with Crippen molar-refractivity contribution < 1.29 is 18.0 Å². The van der Waals surface area contributed by atoms with Gasteiger partial charge >= 0.3 is 0 Å². The molecule has 2 aromatic rings. The second-order valence-corrected chi connectivity index (χ2v) is 8.65. The van der Waals surface area contributed by atoms with E-state index in [0.717, 1.165) is 6.42 Å². The summed E-state index contributed by atoms with van der Waals surface area (Å²) in [4.78, 5) is 24.9. The van der Waals surface area contributed by atoms with Crippen LogP contribution in [0.3, 0.4) is 0 Å². The predicted octanol–water partition coefficient (Wildman–Crippen LogP) is 2.78. The predicted molar refractivity (Wildman–Crippen MR) is 114 cm³/mol. The first-order valence-electron chi connectivity index (χ1n) is 9.32. The molecule has 0 aliphatic carbocycles. The number of hydrogen-bond acceptors (Lipinski definition) is 4. The van der Waals surface area contributed by atoms with Gasteiger partial charge in [-0.05, 0) is 49.2 Å². The molecule has 0 bridgehead atoms. The quantitative estimate of drug-likeness (QED) is 0.712. The summed E-state index contributed by atoms with van der Waals surface area (Å²) in [6, 6.07) is 13.1. The summed E-state index contributed by atoms with van der Waals surface area (Å²) in [7, 11) is -3.30. The van der Waals surface area contributed by atoms with Gasteiger partial charge in [-0.15, -0.1) is 6.58 Å². The molecule has 1 heterocycles. The molecular weight excluding hydrogens is 390 g/mol. The minimum absolute atomic E-state index is 0.139. The van der Waals surface area contributed by atoms with E-state index in [1.54, 1.807) is 54.6 Å². The number of nitrogens with zero attached hydrogens (tertiary/aromatic N) is 1. The van der Waals surface area contributed by atoms with Crippen LogP contribution in [0.15, 0.2) is 61.2 Å². The Labute approximate surface area is 170 Å². The molecule has 2 amide bonds. The van der Waals surface area contributed by atoms with Gasteiger partial charge in [-0.2, -0.15) is 0 Å². The van der Waals surface area contributed by atoms with E-state index in [9.17, 15) is 18.0 Å². The molecule has 0 spiro atoms. The van der Waals surface area contributed by atoms with Crippen LogP contribution in [-0.2, 0) is 10.0 Å². The number of nitrogens with one attached hydrogen (secondary N) is 2. The molecule has 3 rings (SSSR count). The van der Waals surface area contributed by atoms with Gasteiger partial charge in [0, 0.05) is 18.7 Å². The molecule has 2 N–H and O–H groups in total. The Balaban J connectivity index is 1.75. The fourth-order valence-corrected chi connectivity index (χ4v) is 4.74. The second-order valence-electron chi connectivity index (χ2n) is 6.64. The Morgan fingerprint density at radius 3 is 2.45 bits per heavy atom. The highest BCUT2D eigenvalue weighted by molar-refractivity contribution is 7.92. The number of anilines is 2. The van der Waals surface area contributed by atoms with Crippen molar-refractivity contribution in [2.75, 3.05) is 28.5 Å². The van der Waals surface area contributed by atoms with Gasteiger partial charge < -0.3 is 10.6 Å². The van der Waals surface area contributed by atoms with Crippen LogP contribution in [0, 0.1) is 0 Å². The molecule has 1 aliphatic rings. The zero-order valence-corrected chi connectivity index (χ0v) is 16.7. The summed E-state index contributed by atoms with van der Waals surface area (Å²) >= 11 is 0. The van der Waals surface area contributed by atoms with Gasteiger partial charge in [0.05, 0.1) is 22.7 Å². The fourth-order valence-electron chi connectivity index (χ4n) is 3.10. The third-order valence-electron chi connectivity index (χ3n) is 4.59. The second kappa shape index (κ2) is 8.91. The van der Waals surface area contributed by atoms with E-state index < -0.39 is 10.0 Å². The van der Waals surface area contributed by atoms with Crippen LogP contribution in [-0.4, -0.2) is 39.1 Å². The van der Waals surface area contributed by atoms with Gasteiger partial charge in [0.2, 0.25) is 10.0 Å². The first-order chi connectivity index (χ1) is 13.9. The van der Waals surface area contributed by atoms with Crippen molar-refractivity contribution in [2.45, 2.75) is 12.8 Å². The van der Waals surface area contributed by atoms with Crippen LogP contribution in [0.2, 0.25) is 0 Å². The van der Waals surface area contributed by atoms with Crippen LogP contribution in [0.4, 0.5) is 11.4 Å². The highest BCUT2D eigenvalue weighted by Gasteiger charge is 2.26. The zero-order chi connectivity index (χ0) is 20.9. The minimum Gasteiger partial charge on any atom is -0.349 e. The Morgan fingerprint density at radius 1 is 1.03 bits per heavy atom. The van der Waals surface area contributed by atoms with Gasteiger partial charge in [0.15, 0.2) is 0 Å². The van der Waals surface area contributed by atoms with Crippen molar-refractivity contribution in [1.29, 1.82) is 0 Å². The summed E-state index contributed by atoms with van der Waals surface area (Å²) in [5, 5.41) is 5.42. The van der Waals surface area contributed by atoms with E-state index in [-0.39, 0.29) is 17.6 Å². The fraction of sp³-hybridized carbons (Fsp3) is 0.238. The number of sulfonamides is 1. The maximum absolute atomic E-state index is 12.6. The molecule has 0 unspecified atom stereocenters. The molecule has 0 atom stereocenters. The molecule has 0 saturated carbocycles. The Hall–Kier alpha value is -3.13. The summed E-state index contributed by atoms with van der Waals surface area (Å²) in [5.74, 6) is -0.562. The normalized spacial score (nSPS) is 15.4. The van der Waals surface area contributed by atoms with Crippen molar-refractivity contribution in [3.8, 4) is 0 Å². The molecule has 0 radical (unpaired) electrons. The van der Waals surface area contributed by atoms with E-state index in [4.69, 9.17) is 0 Å². The lowest BCUT2D eigenvalue weighted by Crippen LogP contribution is -2.37. The maximum atomic E-state index is 12.6. The average molecular weight is 413 g/mol. The zero-order valence-electron chi connectivity index (χ0n) is 15.9. The van der Waals surface area contributed by atoms with Gasteiger partial charge in [0.1, 0.15) is 0 Å². The molecule has 0 aromatic heterocycles. The van der Waals surface area contributed by atoms with Crippen molar-refractivity contribution >= 4 is 33.2 Å². The Morgan fingerprint density at radius 2 is 1.76 bits per heavy atom. The molecule has 152 valence electrons. The monoisotopic (exact) mass is 413 g/mol. The summed E-state index contributed by atoms with van der Waals surface area (Å²) in [6.45, 7) is 4.33. The SMILES string of the molecule is C=CCNC(=O)c1ccccc1NC(=O)c1ccc(N2CCCCS2(=O)=O)cc1. The molecular formula is C21H23N3O4S. The first kappa shape index (κ1) is 20.6. The van der Waals surface area contributed by atoms with E-state index in [0.29, 0.717) is 42.0 Å². The smallest absolute Gasteiger partial charge is 0.255 e. The van der Waals surface area contributed by atoms with E-state index in [2.05, 4.69) is 17.2 Å². The van der Waals surface area contributed by atoms with Crippen molar-refractivity contribution in [2.24, 2.45) is 0 Å². The summed E-state index contributed by atoms with van der Waals surface area (Å²) in [6.07, 6.45) is 3.05. The number of amides is 2. The third-order valence-corrected chi connectivity index (χ3v) is 6.46. The largest absolute Gasteiger partial charge is 0.349 e. The number of para-hydroxylation sites is 1. The van der Waals surface area contributed by atoms with Gasteiger partial charge in [-0.1, -0.05) is 18.2 Å². The number of hydrogen-bond donors (Lipinski definition) is 2. The first-order valence-corrected chi connectivity index (χ1v) is 10.9. The number of benzene rings is 2. The molecule has 2 aromatic carbocycles. The van der Waals surface area contributed by atoms with E-state index in [1.165, 1.54) is 4.31 Å². The molecule has 1 aliphatic heterocycles. The molecule has 29 heavy (non-hydrogen) atoms. The summed E-state index contributed by atoms with van der Waals surface area (Å²) < 4.78 is 25.8. The van der Waals surface area contributed by atoms with Crippen LogP contribution in [0.5, 0.6) is 0 Å². The lowest BCUT2D eigenvalue weighted by atomic mass is 10.1. The van der Waals surface area contributed by atoms with Crippen LogP contribution in [0.1, 0.15) is 33.6 Å². The summed E-state index contributed by atoms with van der Waals surface area (Å²) in [5.41, 5.74) is 1.65. The number of carbonyl (C=O) groups is 2. The molecule has 1 saturated heterocycles. The lowest BCUT2D eigenvalue weighted by Gasteiger charge is -2.28. The van der Waals surface area contributed by atoms with Crippen LogP contribution < -0.4 is 14.9 Å². The minimum atomic E-state index is -3.30. The van der Waals surface area contributed by atoms with E-state index in [1.807, 2.05) is 0 Å². The van der Waals surface area contributed by atoms with Crippen LogP contribution >= 0.6 is 0 Å². The topological polar surface area (TPSA) is 95.6 Å². The lowest BCUT2D eigenvalue weighted by molar-refractivity contribution is 0.0959. The van der Waals surface area contributed by atoms with Crippen LogP contribution in [0.25, 0.3) is 0 Å². The Kier molecular flexibility index (Phi) is 6.33. The van der Waals surface area contributed by atoms with Gasteiger partial charge in [-0.25, -0.2) is 8.42 Å². The molecule has 8 heteroatoms. The highest BCUT2D eigenvalue weighted by Crippen LogP contribution is 2.24. The van der Waals surface area contributed by atoms with Crippen molar-refractivity contribution in [3.63, 3.8) is 0 Å². The molecule has 1 fully saturated rings. The van der Waals surface area contributed by atoms with E-state index >= 15 is 0 Å². The number of carbonyl (C=O) groups excluding carboxylic acids is 2. The highest BCUT2D eigenvalue weighted by atomic mass is 32.2. The molecule has 7 nitrogen and oxygen atoms in total. The standard InChI is InChI=1S/C21H23N3O4S/c1-2-13-22-21(26)18-7-3-4-8-19(18)23-20(25)16-9-11-17(12-10-16)24-14-5-6-15-29(24,27)28/h2-4,7-12H,1,5-6,13-15H2,(H,22,26)(H,23,25). The average Bonchev–Trinajstić information content (AvgIpc) is 2.72. The third kappa shape index (κ3) is 4.83. The van der Waals surface area contributed by atoms with Crippen molar-refractivity contribution in [1.82, 2.24) is 5.32 Å².